The molecule has 1 atom stereocenters. The number of ether oxygens (including phenoxy) is 1. The molecule has 0 saturated heterocycles. The fourth-order valence-corrected chi connectivity index (χ4v) is 1.75. The lowest BCUT2D eigenvalue weighted by Gasteiger charge is -2.27. The number of nitrogens with one attached hydrogen (secondary N) is 1. The number of para-hydroxylation sites is 1. The average molecular weight is 270 g/mol. The maximum Gasteiger partial charge on any atom is 0.255 e. The van der Waals surface area contributed by atoms with Crippen molar-refractivity contribution in [3.8, 4) is 5.75 Å². The molecule has 0 aliphatic rings. The molecule has 0 bridgehead atoms. The predicted octanol–water partition coefficient (Wildman–Crippen LogP) is 3.22. The number of amides is 1. The van der Waals surface area contributed by atoms with Crippen molar-refractivity contribution in [1.29, 1.82) is 0 Å². The number of rotatable bonds is 6. The van der Waals surface area contributed by atoms with Crippen molar-refractivity contribution in [2.45, 2.75) is 32.7 Å². The molecule has 1 rings (SSSR count). The first-order valence-electron chi connectivity index (χ1n) is 6.16. The van der Waals surface area contributed by atoms with Gasteiger partial charge in [-0.2, -0.15) is 0 Å². The van der Waals surface area contributed by atoms with E-state index in [0.717, 1.165) is 6.42 Å². The smallest absolute Gasteiger partial charge is 0.255 e. The molecule has 3 nitrogen and oxygen atoms in total. The van der Waals surface area contributed by atoms with Crippen molar-refractivity contribution in [3.05, 3.63) is 29.8 Å². The van der Waals surface area contributed by atoms with Gasteiger partial charge >= 0.3 is 0 Å². The highest BCUT2D eigenvalue weighted by Crippen LogP contribution is 2.20. The van der Waals surface area contributed by atoms with Crippen LogP contribution in [0.4, 0.5) is 0 Å². The number of carbonyl (C=O) groups is 1. The summed E-state index contributed by atoms with van der Waals surface area (Å²) in [4.78, 5) is 12.2. The van der Waals surface area contributed by atoms with Gasteiger partial charge in [0, 0.05) is 5.88 Å². The van der Waals surface area contributed by atoms with Gasteiger partial charge in [-0.25, -0.2) is 0 Å². The molecule has 0 aliphatic heterocycles. The van der Waals surface area contributed by atoms with Crippen LogP contribution in [0.5, 0.6) is 5.75 Å². The van der Waals surface area contributed by atoms with E-state index in [2.05, 4.69) is 5.32 Å². The normalized spacial score (nSPS) is 13.8. The lowest BCUT2D eigenvalue weighted by atomic mass is 10.0. The third-order valence-corrected chi connectivity index (χ3v) is 3.51. The van der Waals surface area contributed by atoms with Crippen molar-refractivity contribution in [2.24, 2.45) is 0 Å². The third-order valence-electron chi connectivity index (χ3n) is 2.92. The Hall–Kier alpha value is -1.22. The van der Waals surface area contributed by atoms with Crippen molar-refractivity contribution >= 4 is 17.5 Å². The molecule has 0 aromatic heterocycles. The standard InChI is InChI=1S/C14H20ClNO2/c1-4-14(3,10-15)16-13(17)11-8-6-7-9-12(11)18-5-2/h6-9H,4-5,10H2,1-3H3,(H,16,17). The van der Waals surface area contributed by atoms with Crippen LogP contribution in [0.3, 0.4) is 0 Å². The first-order chi connectivity index (χ1) is 8.56. The second-order valence-corrected chi connectivity index (χ2v) is 4.70. The second kappa shape index (κ2) is 6.64. The van der Waals surface area contributed by atoms with Gasteiger partial charge in [0.2, 0.25) is 0 Å². The minimum Gasteiger partial charge on any atom is -0.493 e. The largest absolute Gasteiger partial charge is 0.493 e. The Morgan fingerprint density at radius 1 is 1.39 bits per heavy atom. The second-order valence-electron chi connectivity index (χ2n) is 4.43. The average Bonchev–Trinajstić information content (AvgIpc) is 2.39. The Morgan fingerprint density at radius 3 is 2.61 bits per heavy atom. The van der Waals surface area contributed by atoms with Crippen molar-refractivity contribution in [3.63, 3.8) is 0 Å². The topological polar surface area (TPSA) is 38.3 Å². The van der Waals surface area contributed by atoms with Crippen LogP contribution < -0.4 is 10.1 Å². The zero-order valence-corrected chi connectivity index (χ0v) is 11.9. The summed E-state index contributed by atoms with van der Waals surface area (Å²) in [5.74, 6) is 0.834. The Kier molecular flexibility index (Phi) is 5.48. The first-order valence-corrected chi connectivity index (χ1v) is 6.70. The summed E-state index contributed by atoms with van der Waals surface area (Å²) in [5.41, 5.74) is 0.155. The van der Waals surface area contributed by atoms with Gasteiger partial charge in [-0.05, 0) is 32.4 Å². The molecule has 0 spiro atoms. The van der Waals surface area contributed by atoms with Gasteiger partial charge in [-0.3, -0.25) is 4.79 Å². The number of alkyl halides is 1. The van der Waals surface area contributed by atoms with E-state index in [1.54, 1.807) is 12.1 Å². The molecule has 1 amide bonds. The summed E-state index contributed by atoms with van der Waals surface area (Å²) in [5, 5.41) is 2.96. The maximum atomic E-state index is 12.2. The highest BCUT2D eigenvalue weighted by atomic mass is 35.5. The zero-order valence-electron chi connectivity index (χ0n) is 11.1. The molecule has 0 heterocycles. The molecule has 0 aliphatic carbocycles. The zero-order chi connectivity index (χ0) is 13.6. The van der Waals surface area contributed by atoms with E-state index in [0.29, 0.717) is 23.8 Å². The molecular formula is C14H20ClNO2. The maximum absolute atomic E-state index is 12.2. The van der Waals surface area contributed by atoms with Crippen LogP contribution in [0.2, 0.25) is 0 Å². The summed E-state index contributed by atoms with van der Waals surface area (Å²) in [6, 6.07) is 7.22. The van der Waals surface area contributed by atoms with Gasteiger partial charge < -0.3 is 10.1 Å². The first kappa shape index (κ1) is 14.8. The molecule has 1 unspecified atom stereocenters. The van der Waals surface area contributed by atoms with Crippen LogP contribution in [0.25, 0.3) is 0 Å². The van der Waals surface area contributed by atoms with Crippen LogP contribution in [0.1, 0.15) is 37.6 Å². The van der Waals surface area contributed by atoms with E-state index < -0.39 is 5.54 Å². The molecule has 0 radical (unpaired) electrons. The van der Waals surface area contributed by atoms with Gasteiger partial charge in [0.25, 0.3) is 5.91 Å². The molecular weight excluding hydrogens is 250 g/mol. The number of benzene rings is 1. The lowest BCUT2D eigenvalue weighted by Crippen LogP contribution is -2.47. The third kappa shape index (κ3) is 3.64. The van der Waals surface area contributed by atoms with Crippen LogP contribution in [0, 0.1) is 0 Å². The van der Waals surface area contributed by atoms with E-state index >= 15 is 0 Å². The van der Waals surface area contributed by atoms with Crippen molar-refractivity contribution < 1.29 is 9.53 Å². The Balaban J connectivity index is 2.90. The quantitative estimate of drug-likeness (QED) is 0.806. The van der Waals surface area contributed by atoms with Gasteiger partial charge in [-0.15, -0.1) is 11.6 Å². The van der Waals surface area contributed by atoms with Crippen LogP contribution in [0.15, 0.2) is 24.3 Å². The molecule has 1 aromatic carbocycles. The number of halogens is 1. The number of carbonyl (C=O) groups excluding carboxylic acids is 1. The molecule has 0 saturated carbocycles. The van der Waals surface area contributed by atoms with E-state index in [1.165, 1.54) is 0 Å². The van der Waals surface area contributed by atoms with Crippen LogP contribution in [-0.4, -0.2) is 23.9 Å². The highest BCUT2D eigenvalue weighted by Gasteiger charge is 2.24. The van der Waals surface area contributed by atoms with E-state index in [4.69, 9.17) is 16.3 Å². The Labute approximate surface area is 113 Å². The predicted molar refractivity (Wildman–Crippen MR) is 74.5 cm³/mol. The van der Waals surface area contributed by atoms with E-state index in [1.807, 2.05) is 32.9 Å². The highest BCUT2D eigenvalue weighted by molar-refractivity contribution is 6.18. The monoisotopic (exact) mass is 269 g/mol. The van der Waals surface area contributed by atoms with Crippen LogP contribution >= 0.6 is 11.6 Å². The molecule has 18 heavy (non-hydrogen) atoms. The number of hydrogen-bond acceptors (Lipinski definition) is 2. The van der Waals surface area contributed by atoms with Gasteiger partial charge in [0.05, 0.1) is 17.7 Å². The minimum absolute atomic E-state index is 0.149. The van der Waals surface area contributed by atoms with Crippen molar-refractivity contribution in [2.75, 3.05) is 12.5 Å². The Bertz CT molecular complexity index is 403. The van der Waals surface area contributed by atoms with Gasteiger partial charge in [0.15, 0.2) is 0 Å². The molecule has 1 aromatic rings. The fourth-order valence-electron chi connectivity index (χ4n) is 1.49. The summed E-state index contributed by atoms with van der Waals surface area (Å²) >= 11 is 5.90. The van der Waals surface area contributed by atoms with Crippen LogP contribution in [-0.2, 0) is 0 Å². The van der Waals surface area contributed by atoms with E-state index in [-0.39, 0.29) is 5.91 Å². The Morgan fingerprint density at radius 2 is 2.06 bits per heavy atom. The fraction of sp³-hybridized carbons (Fsp3) is 0.500. The van der Waals surface area contributed by atoms with Crippen molar-refractivity contribution in [1.82, 2.24) is 5.32 Å². The molecule has 1 N–H and O–H groups in total. The SMILES string of the molecule is CCOc1ccccc1C(=O)NC(C)(CC)CCl. The summed E-state index contributed by atoms with van der Waals surface area (Å²) in [6.45, 7) is 6.35. The van der Waals surface area contributed by atoms with Gasteiger partial charge in [0.1, 0.15) is 5.75 Å². The van der Waals surface area contributed by atoms with E-state index in [9.17, 15) is 4.79 Å². The summed E-state index contributed by atoms with van der Waals surface area (Å²) in [6.07, 6.45) is 0.777. The molecule has 4 heteroatoms. The lowest BCUT2D eigenvalue weighted by molar-refractivity contribution is 0.0908. The molecule has 100 valence electrons. The minimum atomic E-state index is -0.391. The summed E-state index contributed by atoms with van der Waals surface area (Å²) in [7, 11) is 0. The summed E-state index contributed by atoms with van der Waals surface area (Å²) < 4.78 is 5.45. The molecule has 0 fully saturated rings. The number of hydrogen-bond donors (Lipinski definition) is 1. The van der Waals surface area contributed by atoms with Gasteiger partial charge in [-0.1, -0.05) is 19.1 Å².